The van der Waals surface area contributed by atoms with Crippen LogP contribution < -0.4 is 16.0 Å². The summed E-state index contributed by atoms with van der Waals surface area (Å²) in [5.74, 6) is -0.254. The lowest BCUT2D eigenvalue weighted by molar-refractivity contribution is 0.101. The third-order valence-corrected chi connectivity index (χ3v) is 12.4. The molecule has 6 aromatic rings. The lowest BCUT2D eigenvalue weighted by atomic mass is 9.86. The number of amides is 3. The van der Waals surface area contributed by atoms with Crippen LogP contribution >= 0.6 is 11.6 Å². The zero-order valence-electron chi connectivity index (χ0n) is 38.5. The van der Waals surface area contributed by atoms with Gasteiger partial charge in [-0.3, -0.25) is 14.4 Å². The van der Waals surface area contributed by atoms with E-state index >= 15 is 0 Å². The highest BCUT2D eigenvalue weighted by Crippen LogP contribution is 2.26. The second kappa shape index (κ2) is 21.3. The molecule has 9 nitrogen and oxygen atoms in total. The number of halogens is 1. The van der Waals surface area contributed by atoms with Gasteiger partial charge in [-0.25, -0.2) is 0 Å². The number of carbonyl (C=O) groups excluding carboxylic acids is 3. The second-order valence-electron chi connectivity index (χ2n) is 18.5. The average molecular weight is 890 g/mol. The van der Waals surface area contributed by atoms with E-state index in [1.807, 2.05) is 72.8 Å². The molecule has 3 N–H and O–H groups in total. The van der Waals surface area contributed by atoms with Gasteiger partial charge in [-0.05, 0) is 164 Å². The Morgan fingerprint density at radius 3 is 1.23 bits per heavy atom. The van der Waals surface area contributed by atoms with Crippen LogP contribution in [-0.4, -0.2) is 73.2 Å². The molecule has 0 atom stereocenters. The molecular weight excluding hydrogens is 828 g/mol. The van der Waals surface area contributed by atoms with Gasteiger partial charge in [0.15, 0.2) is 0 Å². The van der Waals surface area contributed by atoms with E-state index in [9.17, 15) is 14.4 Å². The molecule has 0 bridgehead atoms. The van der Waals surface area contributed by atoms with Gasteiger partial charge >= 0.3 is 0 Å². The Morgan fingerprint density at radius 1 is 0.446 bits per heavy atom. The van der Waals surface area contributed by atoms with Gasteiger partial charge in [0.2, 0.25) is 0 Å². The highest BCUT2D eigenvalue weighted by atomic mass is 35.5. The number of likely N-dealkylation sites (N-methyl/N-ethyl adjacent to an activating group) is 3. The molecule has 6 aromatic carbocycles. The fraction of sp³-hybridized carbons (Fsp3) is 0.291. The average Bonchev–Trinajstić information content (AvgIpc) is 3.29. The summed E-state index contributed by atoms with van der Waals surface area (Å²) in [7, 11) is 6.36. The predicted molar refractivity (Wildman–Crippen MR) is 266 cm³/mol. The molecule has 3 heterocycles. The van der Waals surface area contributed by atoms with Crippen LogP contribution in [0.4, 0.5) is 17.1 Å². The lowest BCUT2D eigenvalue weighted by Gasteiger charge is -2.25. The number of nitrogens with zero attached hydrogens (tertiary/aromatic N) is 3. The Labute approximate surface area is 389 Å². The maximum Gasteiger partial charge on any atom is 0.255 e. The van der Waals surface area contributed by atoms with E-state index < -0.39 is 0 Å². The Hall–Kier alpha value is -6.10. The van der Waals surface area contributed by atoms with Crippen molar-refractivity contribution >= 4 is 46.4 Å². The number of fused-ring (bicyclic) bond motifs is 3. The molecule has 0 saturated heterocycles. The van der Waals surface area contributed by atoms with E-state index in [-0.39, 0.29) is 23.1 Å². The third-order valence-electron chi connectivity index (χ3n) is 12.1. The first kappa shape index (κ1) is 46.9. The van der Waals surface area contributed by atoms with Gasteiger partial charge in [0.25, 0.3) is 17.7 Å². The largest absolute Gasteiger partial charge is 0.322 e. The predicted octanol–water partition coefficient (Wildman–Crippen LogP) is 10.7. The van der Waals surface area contributed by atoms with Gasteiger partial charge in [-0.2, -0.15) is 0 Å². The summed E-state index contributed by atoms with van der Waals surface area (Å²) in [4.78, 5) is 43.7. The monoisotopic (exact) mass is 888 g/mol. The molecule has 0 unspecified atom stereocenters. The standard InChI is InChI=1S/C21H26N2O.C17H17ClN2O.C17H18N2O/c1-21(2,3)18-8-5-16(6-9-18)20(24)22-19-10-7-15-11-12-23(4)14-17(15)13-19;1-20-8-7-12-5-6-16(10-14(12)11-20)19-17(21)13-3-2-4-15(18)9-13;1-19-10-9-13-7-8-16(11-15(13)12-19)18-17(20)14-5-3-2-4-6-14/h5-10,13H,11-12,14H2,1-4H3,(H,22,24);2-6,9-10H,7-8,11H2,1H3,(H,19,21);2-8,11H,9-10,12H2,1H3,(H,18,20). The van der Waals surface area contributed by atoms with Crippen LogP contribution in [0.1, 0.15) is 90.8 Å². The highest BCUT2D eigenvalue weighted by molar-refractivity contribution is 6.31. The number of hydrogen-bond donors (Lipinski definition) is 3. The first-order valence-corrected chi connectivity index (χ1v) is 22.8. The van der Waals surface area contributed by atoms with E-state index in [4.69, 9.17) is 11.6 Å². The lowest BCUT2D eigenvalue weighted by Crippen LogP contribution is -2.26. The summed E-state index contributed by atoms with van der Waals surface area (Å²) in [6.07, 6.45) is 3.22. The van der Waals surface area contributed by atoms with Gasteiger partial charge in [0.05, 0.1) is 0 Å². The molecular formula is C55H61ClN6O3. The molecule has 0 fully saturated rings. The topological polar surface area (TPSA) is 97.0 Å². The van der Waals surface area contributed by atoms with Gasteiger partial charge in [-0.15, -0.1) is 0 Å². The molecule has 0 spiro atoms. The van der Waals surface area contributed by atoms with Crippen LogP contribution in [0.3, 0.4) is 0 Å². The van der Waals surface area contributed by atoms with Crippen molar-refractivity contribution in [3.8, 4) is 0 Å². The normalized spacial score (nSPS) is 14.8. The summed E-state index contributed by atoms with van der Waals surface area (Å²) < 4.78 is 0. The van der Waals surface area contributed by atoms with E-state index in [0.717, 1.165) is 75.6 Å². The SMILES string of the molecule is CN1CCc2ccc(NC(=O)c3ccc(C(C)(C)C)cc3)cc2C1.CN1CCc2ccc(NC(=O)c3cccc(Cl)c3)cc2C1.CN1CCc2ccc(NC(=O)c3ccccc3)cc2C1. The highest BCUT2D eigenvalue weighted by Gasteiger charge is 2.18. The smallest absolute Gasteiger partial charge is 0.255 e. The summed E-state index contributed by atoms with van der Waals surface area (Å²) in [6, 6.07) is 42.7. The molecule has 3 aliphatic heterocycles. The minimum atomic E-state index is -0.137. The molecule has 0 radical (unpaired) electrons. The quantitative estimate of drug-likeness (QED) is 0.154. The van der Waals surface area contributed by atoms with Crippen molar-refractivity contribution < 1.29 is 14.4 Å². The molecule has 336 valence electrons. The van der Waals surface area contributed by atoms with Crippen molar-refractivity contribution in [3.63, 3.8) is 0 Å². The molecule has 9 rings (SSSR count). The Balaban J connectivity index is 0.000000146. The number of carbonyl (C=O) groups is 3. The fourth-order valence-corrected chi connectivity index (χ4v) is 8.47. The second-order valence-corrected chi connectivity index (χ2v) is 18.9. The zero-order valence-corrected chi connectivity index (χ0v) is 39.3. The molecule has 65 heavy (non-hydrogen) atoms. The van der Waals surface area contributed by atoms with Gasteiger partial charge in [-0.1, -0.05) is 87.0 Å². The fourth-order valence-electron chi connectivity index (χ4n) is 8.28. The first-order chi connectivity index (χ1) is 31.2. The minimum absolute atomic E-state index is 0.0560. The van der Waals surface area contributed by atoms with Crippen molar-refractivity contribution in [3.05, 3.63) is 194 Å². The molecule has 0 saturated carbocycles. The minimum Gasteiger partial charge on any atom is -0.322 e. The van der Waals surface area contributed by atoms with Crippen LogP contribution in [0, 0.1) is 0 Å². The maximum atomic E-state index is 12.5. The van der Waals surface area contributed by atoms with Crippen LogP contribution in [0.5, 0.6) is 0 Å². The van der Waals surface area contributed by atoms with Gasteiger partial charge < -0.3 is 30.7 Å². The van der Waals surface area contributed by atoms with Crippen LogP contribution in [0.2, 0.25) is 5.02 Å². The van der Waals surface area contributed by atoms with Crippen molar-refractivity contribution in [2.75, 3.05) is 56.7 Å². The third kappa shape index (κ3) is 13.0. The first-order valence-electron chi connectivity index (χ1n) is 22.4. The number of rotatable bonds is 6. The molecule has 3 amide bonds. The number of nitrogens with one attached hydrogen (secondary N) is 3. The Bertz CT molecular complexity index is 2620. The van der Waals surface area contributed by atoms with Gasteiger partial charge in [0, 0.05) is 78.0 Å². The molecule has 3 aliphatic rings. The van der Waals surface area contributed by atoms with Gasteiger partial charge in [0.1, 0.15) is 0 Å². The van der Waals surface area contributed by atoms with Crippen molar-refractivity contribution in [1.29, 1.82) is 0 Å². The van der Waals surface area contributed by atoms with Crippen molar-refractivity contribution in [2.45, 2.75) is 65.1 Å². The number of anilines is 3. The Morgan fingerprint density at radius 2 is 0.831 bits per heavy atom. The maximum absolute atomic E-state index is 12.5. The number of hydrogen-bond acceptors (Lipinski definition) is 6. The van der Waals surface area contributed by atoms with E-state index in [0.29, 0.717) is 21.7 Å². The number of benzene rings is 6. The summed E-state index contributed by atoms with van der Waals surface area (Å²) in [6.45, 7) is 12.6. The molecule has 0 aliphatic carbocycles. The van der Waals surface area contributed by atoms with Crippen molar-refractivity contribution in [1.82, 2.24) is 14.7 Å². The van der Waals surface area contributed by atoms with Crippen LogP contribution in [-0.2, 0) is 44.3 Å². The summed E-state index contributed by atoms with van der Waals surface area (Å²) in [5.41, 5.74) is 13.9. The van der Waals surface area contributed by atoms with Crippen LogP contribution in [0.25, 0.3) is 0 Å². The van der Waals surface area contributed by atoms with E-state index in [1.165, 1.54) is 38.9 Å². The van der Waals surface area contributed by atoms with E-state index in [2.05, 4.69) is 109 Å². The van der Waals surface area contributed by atoms with Crippen LogP contribution in [0.15, 0.2) is 133 Å². The molecule has 10 heteroatoms. The Kier molecular flexibility index (Phi) is 15.3. The zero-order chi connectivity index (χ0) is 46.1. The molecule has 0 aromatic heterocycles. The van der Waals surface area contributed by atoms with E-state index in [1.54, 1.807) is 24.3 Å². The van der Waals surface area contributed by atoms with Crippen molar-refractivity contribution in [2.24, 2.45) is 0 Å². The summed E-state index contributed by atoms with van der Waals surface area (Å²) in [5, 5.41) is 9.49. The summed E-state index contributed by atoms with van der Waals surface area (Å²) >= 11 is 5.92.